The summed E-state index contributed by atoms with van der Waals surface area (Å²) >= 11 is 2.08. The van der Waals surface area contributed by atoms with E-state index in [2.05, 4.69) is 27.9 Å². The number of rotatable bonds is 4. The van der Waals surface area contributed by atoms with Crippen LogP contribution in [-0.4, -0.2) is 17.1 Å². The summed E-state index contributed by atoms with van der Waals surface area (Å²) in [5.41, 5.74) is 1.07. The van der Waals surface area contributed by atoms with Crippen LogP contribution in [-0.2, 0) is 11.2 Å². The van der Waals surface area contributed by atoms with Crippen molar-refractivity contribution in [1.29, 1.82) is 0 Å². The third-order valence-electron chi connectivity index (χ3n) is 2.10. The van der Waals surface area contributed by atoms with Gasteiger partial charge in [-0.2, -0.15) is 0 Å². The molecule has 0 heterocycles. The van der Waals surface area contributed by atoms with E-state index in [1.807, 2.05) is 26.0 Å². The zero-order valence-corrected chi connectivity index (χ0v) is 11.6. The first-order chi connectivity index (χ1) is 7.49. The van der Waals surface area contributed by atoms with Gasteiger partial charge < -0.3 is 10.4 Å². The van der Waals surface area contributed by atoms with Gasteiger partial charge in [-0.25, -0.2) is 0 Å². The summed E-state index contributed by atoms with van der Waals surface area (Å²) in [6, 6.07) is 5.60. The summed E-state index contributed by atoms with van der Waals surface area (Å²) < 4.78 is 0.819. The second-order valence-electron chi connectivity index (χ2n) is 4.01. The predicted molar refractivity (Wildman–Crippen MR) is 72.4 cm³/mol. The fourth-order valence-corrected chi connectivity index (χ4v) is 1.94. The number of aromatic hydroxyl groups is 1. The minimum absolute atomic E-state index is 0.0677. The molecular weight excluding hydrogens is 317 g/mol. The topological polar surface area (TPSA) is 49.3 Å². The monoisotopic (exact) mass is 333 g/mol. The van der Waals surface area contributed by atoms with Crippen molar-refractivity contribution in [2.45, 2.75) is 32.7 Å². The van der Waals surface area contributed by atoms with E-state index in [1.54, 1.807) is 6.07 Å². The second-order valence-corrected chi connectivity index (χ2v) is 5.17. The molecule has 1 amide bonds. The Bertz CT molecular complexity index is 377. The third kappa shape index (κ3) is 4.38. The summed E-state index contributed by atoms with van der Waals surface area (Å²) in [5, 5.41) is 12.2. The Hall–Kier alpha value is -0.780. The summed E-state index contributed by atoms with van der Waals surface area (Å²) in [6.45, 7) is 3.89. The Kier molecular flexibility index (Phi) is 5.05. The van der Waals surface area contributed by atoms with Crippen LogP contribution in [0.1, 0.15) is 25.8 Å². The van der Waals surface area contributed by atoms with Crippen LogP contribution < -0.4 is 5.32 Å². The molecule has 2 N–H and O–H groups in total. The van der Waals surface area contributed by atoms with Gasteiger partial charge in [-0.3, -0.25) is 4.79 Å². The van der Waals surface area contributed by atoms with Gasteiger partial charge >= 0.3 is 0 Å². The van der Waals surface area contributed by atoms with Crippen molar-refractivity contribution in [3.8, 4) is 5.75 Å². The molecule has 0 bridgehead atoms. The lowest BCUT2D eigenvalue weighted by Gasteiger charge is -2.08. The van der Waals surface area contributed by atoms with E-state index in [0.29, 0.717) is 12.8 Å². The lowest BCUT2D eigenvalue weighted by atomic mass is 10.1. The van der Waals surface area contributed by atoms with E-state index < -0.39 is 0 Å². The van der Waals surface area contributed by atoms with E-state index in [9.17, 15) is 9.90 Å². The molecule has 16 heavy (non-hydrogen) atoms. The molecule has 0 radical (unpaired) electrons. The fraction of sp³-hybridized carbons (Fsp3) is 0.417. The van der Waals surface area contributed by atoms with Gasteiger partial charge in [0.2, 0.25) is 5.91 Å². The van der Waals surface area contributed by atoms with E-state index in [0.717, 1.165) is 9.13 Å². The van der Waals surface area contributed by atoms with Gasteiger partial charge in [-0.05, 0) is 60.6 Å². The molecular formula is C12H16INO2. The number of phenols is 1. The predicted octanol–water partition coefficient (Wildman–Crippen LogP) is 2.45. The van der Waals surface area contributed by atoms with Crippen molar-refractivity contribution < 1.29 is 9.90 Å². The number of benzene rings is 1. The summed E-state index contributed by atoms with van der Waals surface area (Å²) in [5.74, 6) is 0.356. The third-order valence-corrected chi connectivity index (χ3v) is 2.97. The highest BCUT2D eigenvalue weighted by molar-refractivity contribution is 14.1. The van der Waals surface area contributed by atoms with E-state index in [-0.39, 0.29) is 17.7 Å². The van der Waals surface area contributed by atoms with Gasteiger partial charge in [0, 0.05) is 12.5 Å². The molecule has 88 valence electrons. The Morgan fingerprint density at radius 2 is 2.19 bits per heavy atom. The van der Waals surface area contributed by atoms with Crippen LogP contribution in [0.5, 0.6) is 5.75 Å². The minimum atomic E-state index is 0.0677. The largest absolute Gasteiger partial charge is 0.507 e. The number of phenolic OH excluding ortho intramolecular Hbond substituents is 1. The van der Waals surface area contributed by atoms with Gasteiger partial charge in [0.05, 0.1) is 3.57 Å². The molecule has 0 saturated heterocycles. The van der Waals surface area contributed by atoms with Crippen molar-refractivity contribution in [1.82, 2.24) is 5.32 Å². The van der Waals surface area contributed by atoms with Gasteiger partial charge in [0.15, 0.2) is 0 Å². The molecule has 1 aromatic rings. The zero-order valence-electron chi connectivity index (χ0n) is 9.46. The maximum Gasteiger partial charge on any atom is 0.220 e. The normalized spacial score (nSPS) is 10.5. The zero-order chi connectivity index (χ0) is 12.1. The van der Waals surface area contributed by atoms with Crippen LogP contribution in [0.15, 0.2) is 18.2 Å². The molecule has 4 heteroatoms. The lowest BCUT2D eigenvalue weighted by Crippen LogP contribution is -2.30. The molecule has 0 saturated carbocycles. The quantitative estimate of drug-likeness (QED) is 0.832. The van der Waals surface area contributed by atoms with Crippen molar-refractivity contribution in [2.75, 3.05) is 0 Å². The number of amides is 1. The number of hydrogen-bond donors (Lipinski definition) is 2. The van der Waals surface area contributed by atoms with E-state index in [1.165, 1.54) is 0 Å². The Labute approximate surface area is 109 Å². The molecule has 0 aromatic heterocycles. The van der Waals surface area contributed by atoms with E-state index in [4.69, 9.17) is 0 Å². The first-order valence-electron chi connectivity index (χ1n) is 5.26. The van der Waals surface area contributed by atoms with Gasteiger partial charge in [-0.15, -0.1) is 0 Å². The Morgan fingerprint density at radius 1 is 1.50 bits per heavy atom. The highest BCUT2D eigenvalue weighted by atomic mass is 127. The smallest absolute Gasteiger partial charge is 0.220 e. The number of hydrogen-bond acceptors (Lipinski definition) is 2. The van der Waals surface area contributed by atoms with Crippen LogP contribution in [0, 0.1) is 3.57 Å². The molecule has 0 unspecified atom stereocenters. The molecule has 3 nitrogen and oxygen atoms in total. The van der Waals surface area contributed by atoms with Gasteiger partial charge in [0.1, 0.15) is 5.75 Å². The number of nitrogens with one attached hydrogen (secondary N) is 1. The standard InChI is InChI=1S/C12H16INO2/c1-8(2)14-12(16)6-4-9-3-5-11(15)10(13)7-9/h3,5,7-8,15H,4,6H2,1-2H3,(H,14,16). The van der Waals surface area contributed by atoms with Crippen molar-refractivity contribution >= 4 is 28.5 Å². The highest BCUT2D eigenvalue weighted by Crippen LogP contribution is 2.20. The highest BCUT2D eigenvalue weighted by Gasteiger charge is 2.05. The van der Waals surface area contributed by atoms with Crippen LogP contribution in [0.4, 0.5) is 0 Å². The van der Waals surface area contributed by atoms with E-state index >= 15 is 0 Å². The molecule has 0 atom stereocenters. The maximum absolute atomic E-state index is 11.4. The van der Waals surface area contributed by atoms with Crippen molar-refractivity contribution in [2.24, 2.45) is 0 Å². The number of carbonyl (C=O) groups is 1. The first-order valence-corrected chi connectivity index (χ1v) is 6.33. The Balaban J connectivity index is 2.48. The summed E-state index contributed by atoms with van der Waals surface area (Å²) in [4.78, 5) is 11.4. The molecule has 0 spiro atoms. The Morgan fingerprint density at radius 3 is 2.75 bits per heavy atom. The molecule has 1 aromatic carbocycles. The van der Waals surface area contributed by atoms with Crippen molar-refractivity contribution in [3.05, 3.63) is 27.3 Å². The number of halogens is 1. The van der Waals surface area contributed by atoms with Crippen LogP contribution in [0.3, 0.4) is 0 Å². The average Bonchev–Trinajstić information content (AvgIpc) is 2.19. The van der Waals surface area contributed by atoms with Crippen LogP contribution >= 0.6 is 22.6 Å². The van der Waals surface area contributed by atoms with Gasteiger partial charge in [0.25, 0.3) is 0 Å². The molecule has 0 aliphatic heterocycles. The lowest BCUT2D eigenvalue weighted by molar-refractivity contribution is -0.121. The molecule has 0 aliphatic rings. The fourth-order valence-electron chi connectivity index (χ4n) is 1.36. The number of carbonyl (C=O) groups excluding carboxylic acids is 1. The first kappa shape index (κ1) is 13.3. The number of aryl methyl sites for hydroxylation is 1. The molecule has 0 aliphatic carbocycles. The average molecular weight is 333 g/mol. The molecule has 1 rings (SSSR count). The maximum atomic E-state index is 11.4. The minimum Gasteiger partial charge on any atom is -0.507 e. The molecule has 0 fully saturated rings. The van der Waals surface area contributed by atoms with Gasteiger partial charge in [-0.1, -0.05) is 6.07 Å². The van der Waals surface area contributed by atoms with Crippen molar-refractivity contribution in [3.63, 3.8) is 0 Å². The second kappa shape index (κ2) is 6.08. The summed E-state index contributed by atoms with van der Waals surface area (Å²) in [7, 11) is 0. The summed E-state index contributed by atoms with van der Waals surface area (Å²) in [6.07, 6.45) is 1.19. The van der Waals surface area contributed by atoms with Crippen LogP contribution in [0.25, 0.3) is 0 Å². The SMILES string of the molecule is CC(C)NC(=O)CCc1ccc(O)c(I)c1. The van der Waals surface area contributed by atoms with Crippen LogP contribution in [0.2, 0.25) is 0 Å².